The minimum atomic E-state index is -0.396. The highest BCUT2D eigenvalue weighted by Crippen LogP contribution is 2.39. The molecule has 0 atom stereocenters. The van der Waals surface area contributed by atoms with Crippen LogP contribution in [0.25, 0.3) is 49.4 Å². The predicted molar refractivity (Wildman–Crippen MR) is 144 cm³/mol. The molecular weight excluding hydrogens is 433 g/mol. The second kappa shape index (κ2) is 7.00. The van der Waals surface area contributed by atoms with Gasteiger partial charge >= 0.3 is 7.12 Å². The molecule has 0 bridgehead atoms. The van der Waals surface area contributed by atoms with Gasteiger partial charge in [0.2, 0.25) is 0 Å². The van der Waals surface area contributed by atoms with Crippen LogP contribution in [0.2, 0.25) is 0 Å². The molecule has 7 rings (SSSR count). The molecule has 0 radical (unpaired) electrons. The third-order valence-electron chi connectivity index (χ3n) is 7.84. The van der Waals surface area contributed by atoms with Gasteiger partial charge in [0.1, 0.15) is 11.2 Å². The van der Waals surface area contributed by atoms with Gasteiger partial charge in [0.15, 0.2) is 0 Å². The Labute approximate surface area is 204 Å². The molecular formula is C30H26BNO3. The lowest BCUT2D eigenvalue weighted by Gasteiger charge is -2.32. The normalized spacial score (nSPS) is 17.3. The summed E-state index contributed by atoms with van der Waals surface area (Å²) in [7, 11) is -0.396. The number of para-hydroxylation sites is 2. The van der Waals surface area contributed by atoms with Gasteiger partial charge in [-0.25, -0.2) is 0 Å². The Morgan fingerprint density at radius 3 is 2.09 bits per heavy atom. The third-order valence-corrected chi connectivity index (χ3v) is 7.84. The Kier molecular flexibility index (Phi) is 4.16. The van der Waals surface area contributed by atoms with Crippen molar-refractivity contribution in [2.45, 2.75) is 38.9 Å². The molecule has 35 heavy (non-hydrogen) atoms. The van der Waals surface area contributed by atoms with Crippen LogP contribution in [-0.4, -0.2) is 22.9 Å². The van der Waals surface area contributed by atoms with Crippen molar-refractivity contribution in [2.24, 2.45) is 0 Å². The van der Waals surface area contributed by atoms with E-state index in [1.54, 1.807) is 0 Å². The topological polar surface area (TPSA) is 36.5 Å². The van der Waals surface area contributed by atoms with Crippen molar-refractivity contribution in [1.29, 1.82) is 0 Å². The smallest absolute Gasteiger partial charge is 0.456 e. The maximum atomic E-state index is 6.36. The summed E-state index contributed by atoms with van der Waals surface area (Å²) in [5, 5.41) is 4.63. The number of aromatic nitrogens is 1. The van der Waals surface area contributed by atoms with Crippen LogP contribution in [0.5, 0.6) is 0 Å². The van der Waals surface area contributed by atoms with E-state index in [1.807, 2.05) is 18.2 Å². The summed E-state index contributed by atoms with van der Waals surface area (Å²) < 4.78 is 21.3. The molecule has 0 unspecified atom stereocenters. The standard InChI is InChI=1S/C30H26BNO3/c1-29(2)30(3,4)35-31(34-29)19-16-17-24-22(18-19)20-10-5-7-12-23(20)32(24)25-13-9-15-27-28(25)21-11-6-8-14-26(21)33-27/h5-18H,1-4H3. The molecule has 6 aromatic rings. The number of rotatable bonds is 2. The first-order valence-electron chi connectivity index (χ1n) is 12.1. The lowest BCUT2D eigenvalue weighted by Crippen LogP contribution is -2.41. The molecule has 1 fully saturated rings. The number of hydrogen-bond acceptors (Lipinski definition) is 3. The molecule has 0 aliphatic carbocycles. The van der Waals surface area contributed by atoms with Crippen LogP contribution in [0.1, 0.15) is 27.7 Å². The van der Waals surface area contributed by atoms with Gasteiger partial charge in [-0.2, -0.15) is 0 Å². The summed E-state index contributed by atoms with van der Waals surface area (Å²) >= 11 is 0. The van der Waals surface area contributed by atoms with E-state index in [0.717, 1.165) is 44.1 Å². The quantitative estimate of drug-likeness (QED) is 0.262. The second-order valence-corrected chi connectivity index (χ2v) is 10.5. The number of fused-ring (bicyclic) bond motifs is 6. The van der Waals surface area contributed by atoms with Crippen LogP contribution in [0, 0.1) is 0 Å². The largest absolute Gasteiger partial charge is 0.494 e. The fraction of sp³-hybridized carbons (Fsp3) is 0.200. The second-order valence-electron chi connectivity index (χ2n) is 10.5. The lowest BCUT2D eigenvalue weighted by atomic mass is 9.78. The highest BCUT2D eigenvalue weighted by molar-refractivity contribution is 6.62. The summed E-state index contributed by atoms with van der Waals surface area (Å²) in [5.41, 5.74) is 5.49. The van der Waals surface area contributed by atoms with Gasteiger partial charge in [0.25, 0.3) is 0 Å². The van der Waals surface area contributed by atoms with Crippen LogP contribution < -0.4 is 5.46 Å². The SMILES string of the molecule is CC1(C)OB(c2ccc3c(c2)c2ccccc2n3-c2cccc3oc4ccccc4c23)OC1(C)C. The molecule has 4 nitrogen and oxygen atoms in total. The van der Waals surface area contributed by atoms with Crippen molar-refractivity contribution < 1.29 is 13.7 Å². The van der Waals surface area contributed by atoms with Crippen molar-refractivity contribution in [3.63, 3.8) is 0 Å². The number of nitrogens with zero attached hydrogens (tertiary/aromatic N) is 1. The van der Waals surface area contributed by atoms with Crippen molar-refractivity contribution in [3.8, 4) is 5.69 Å². The summed E-state index contributed by atoms with van der Waals surface area (Å²) in [5.74, 6) is 0. The maximum absolute atomic E-state index is 6.36. The summed E-state index contributed by atoms with van der Waals surface area (Å²) in [4.78, 5) is 0. The summed E-state index contributed by atoms with van der Waals surface area (Å²) in [6, 6.07) is 29.7. The fourth-order valence-electron chi connectivity index (χ4n) is 5.32. The Morgan fingerprint density at radius 2 is 1.29 bits per heavy atom. The molecule has 0 amide bonds. The zero-order valence-electron chi connectivity index (χ0n) is 20.3. The van der Waals surface area contributed by atoms with Crippen LogP contribution in [0.3, 0.4) is 0 Å². The van der Waals surface area contributed by atoms with Crippen LogP contribution >= 0.6 is 0 Å². The highest BCUT2D eigenvalue weighted by Gasteiger charge is 2.51. The van der Waals surface area contributed by atoms with Crippen molar-refractivity contribution in [3.05, 3.63) is 84.9 Å². The van der Waals surface area contributed by atoms with E-state index in [1.165, 1.54) is 10.8 Å². The zero-order valence-corrected chi connectivity index (χ0v) is 20.3. The van der Waals surface area contributed by atoms with Crippen molar-refractivity contribution in [1.82, 2.24) is 4.57 Å². The van der Waals surface area contributed by atoms with E-state index in [9.17, 15) is 0 Å². The molecule has 1 saturated heterocycles. The van der Waals surface area contributed by atoms with E-state index >= 15 is 0 Å². The van der Waals surface area contributed by atoms with Crippen LogP contribution in [0.4, 0.5) is 0 Å². The first-order valence-corrected chi connectivity index (χ1v) is 12.1. The molecule has 2 aromatic heterocycles. The molecule has 1 aliphatic rings. The van der Waals surface area contributed by atoms with Crippen LogP contribution in [-0.2, 0) is 9.31 Å². The monoisotopic (exact) mass is 459 g/mol. The molecule has 5 heteroatoms. The van der Waals surface area contributed by atoms with Gasteiger partial charge in [0, 0.05) is 16.2 Å². The molecule has 172 valence electrons. The van der Waals surface area contributed by atoms with E-state index < -0.39 is 7.12 Å². The van der Waals surface area contributed by atoms with Gasteiger partial charge in [0.05, 0.1) is 33.3 Å². The molecule has 0 spiro atoms. The average molecular weight is 459 g/mol. The Hall–Kier alpha value is -3.54. The fourth-order valence-corrected chi connectivity index (χ4v) is 5.32. The lowest BCUT2D eigenvalue weighted by molar-refractivity contribution is 0.00578. The minimum absolute atomic E-state index is 0.376. The average Bonchev–Trinajstić information content (AvgIpc) is 3.45. The van der Waals surface area contributed by atoms with Gasteiger partial charge in [-0.3, -0.25) is 0 Å². The molecule has 0 saturated carbocycles. The third kappa shape index (κ3) is 2.89. The summed E-state index contributed by atoms with van der Waals surface area (Å²) in [6.07, 6.45) is 0. The zero-order chi connectivity index (χ0) is 23.9. The van der Waals surface area contributed by atoms with E-state index in [-0.39, 0.29) is 11.2 Å². The first kappa shape index (κ1) is 20.8. The van der Waals surface area contributed by atoms with Crippen LogP contribution in [0.15, 0.2) is 89.3 Å². The predicted octanol–water partition coefficient (Wildman–Crippen LogP) is 6.98. The van der Waals surface area contributed by atoms with E-state index in [0.29, 0.717) is 0 Å². The highest BCUT2D eigenvalue weighted by atomic mass is 16.7. The molecule has 1 aliphatic heterocycles. The van der Waals surface area contributed by atoms with Gasteiger partial charge in [-0.1, -0.05) is 54.6 Å². The van der Waals surface area contributed by atoms with Gasteiger partial charge in [-0.05, 0) is 63.5 Å². The number of furan rings is 1. The van der Waals surface area contributed by atoms with Crippen molar-refractivity contribution >= 4 is 56.3 Å². The van der Waals surface area contributed by atoms with Gasteiger partial charge < -0.3 is 18.3 Å². The van der Waals surface area contributed by atoms with Crippen molar-refractivity contribution in [2.75, 3.05) is 0 Å². The molecule has 0 N–H and O–H groups in total. The van der Waals surface area contributed by atoms with Gasteiger partial charge in [-0.15, -0.1) is 0 Å². The molecule has 4 aromatic carbocycles. The number of benzene rings is 4. The first-order chi connectivity index (χ1) is 16.8. The Bertz CT molecular complexity index is 1760. The Morgan fingerprint density at radius 1 is 0.629 bits per heavy atom. The van der Waals surface area contributed by atoms with E-state index in [2.05, 4.69) is 99.0 Å². The number of hydrogen-bond donors (Lipinski definition) is 0. The van der Waals surface area contributed by atoms with E-state index in [4.69, 9.17) is 13.7 Å². The Balaban J connectivity index is 1.50. The summed E-state index contributed by atoms with van der Waals surface area (Å²) in [6.45, 7) is 8.36. The molecule has 3 heterocycles. The maximum Gasteiger partial charge on any atom is 0.494 e. The minimum Gasteiger partial charge on any atom is -0.456 e.